The molecule has 2 rings (SSSR count). The van der Waals surface area contributed by atoms with Gasteiger partial charge in [0.15, 0.2) is 0 Å². The maximum absolute atomic E-state index is 5.40. The van der Waals surface area contributed by atoms with Crippen LogP contribution in [0.15, 0.2) is 6.33 Å². The number of H-pyrrole nitrogens is 1. The molecule has 0 radical (unpaired) electrons. The van der Waals surface area contributed by atoms with E-state index in [-0.39, 0.29) is 12.1 Å². The Hall–Kier alpha value is -1.38. The minimum Gasteiger partial charge on any atom is -0.380 e. The van der Waals surface area contributed by atoms with Crippen molar-refractivity contribution in [2.24, 2.45) is 0 Å². The lowest BCUT2D eigenvalue weighted by Crippen LogP contribution is -2.26. The van der Waals surface area contributed by atoms with Crippen LogP contribution in [0.2, 0.25) is 0 Å². The van der Waals surface area contributed by atoms with Gasteiger partial charge in [-0.2, -0.15) is 5.10 Å². The van der Waals surface area contributed by atoms with E-state index in [1.165, 1.54) is 0 Å². The van der Waals surface area contributed by atoms with Gasteiger partial charge in [0.1, 0.15) is 12.2 Å². The van der Waals surface area contributed by atoms with Crippen LogP contribution >= 0.6 is 0 Å². The number of aromatic amines is 1. The minimum atomic E-state index is 0.244. The summed E-state index contributed by atoms with van der Waals surface area (Å²) >= 11 is 0. The van der Waals surface area contributed by atoms with Gasteiger partial charge >= 0.3 is 0 Å². The second-order valence-corrected chi connectivity index (χ2v) is 3.84. The molecule has 1 saturated heterocycles. The molecule has 5 nitrogen and oxygen atoms in total. The van der Waals surface area contributed by atoms with Crippen molar-refractivity contribution < 1.29 is 4.74 Å². The second kappa shape index (κ2) is 5.10. The highest BCUT2D eigenvalue weighted by Gasteiger charge is 2.34. The van der Waals surface area contributed by atoms with Crippen LogP contribution < -0.4 is 0 Å². The zero-order chi connectivity index (χ0) is 11.4. The third-order valence-corrected chi connectivity index (χ3v) is 2.91. The van der Waals surface area contributed by atoms with E-state index >= 15 is 0 Å². The molecule has 2 heterocycles. The standard InChI is InChI=1S/C11H16N4O/c1-3-4-5-15-7-9(16-2)6-10(15)11-12-8-13-14-11/h8-10H,5-7H2,1-2H3,(H,12,13,14)/t9-,10+/m1/s1. The highest BCUT2D eigenvalue weighted by atomic mass is 16.5. The largest absolute Gasteiger partial charge is 0.380 e. The van der Waals surface area contributed by atoms with Crippen LogP contribution in [0, 0.1) is 11.8 Å². The van der Waals surface area contributed by atoms with E-state index < -0.39 is 0 Å². The number of nitrogens with zero attached hydrogens (tertiary/aromatic N) is 3. The van der Waals surface area contributed by atoms with E-state index in [2.05, 4.69) is 31.9 Å². The van der Waals surface area contributed by atoms with Crippen LogP contribution in [0.3, 0.4) is 0 Å². The van der Waals surface area contributed by atoms with Crippen molar-refractivity contribution in [3.63, 3.8) is 0 Å². The average molecular weight is 220 g/mol. The summed E-state index contributed by atoms with van der Waals surface area (Å²) in [7, 11) is 1.75. The molecule has 0 spiro atoms. The average Bonchev–Trinajstić information content (AvgIpc) is 2.94. The van der Waals surface area contributed by atoms with Gasteiger partial charge in [-0.1, -0.05) is 5.92 Å². The Labute approximate surface area is 95.2 Å². The molecular weight excluding hydrogens is 204 g/mol. The summed E-state index contributed by atoms with van der Waals surface area (Å²) in [5.41, 5.74) is 0. The summed E-state index contributed by atoms with van der Waals surface area (Å²) in [6.45, 7) is 3.51. The van der Waals surface area contributed by atoms with Crippen LogP contribution in [0.1, 0.15) is 25.2 Å². The fourth-order valence-corrected chi connectivity index (χ4v) is 2.05. The van der Waals surface area contributed by atoms with E-state index in [0.29, 0.717) is 0 Å². The molecule has 2 atom stereocenters. The maximum atomic E-state index is 5.40. The van der Waals surface area contributed by atoms with Gasteiger partial charge in [0.2, 0.25) is 0 Å². The van der Waals surface area contributed by atoms with E-state index in [9.17, 15) is 0 Å². The van der Waals surface area contributed by atoms with Gasteiger partial charge < -0.3 is 4.74 Å². The summed E-state index contributed by atoms with van der Waals surface area (Å²) in [5, 5.41) is 6.82. The highest BCUT2D eigenvalue weighted by Crippen LogP contribution is 2.30. The summed E-state index contributed by atoms with van der Waals surface area (Å²) in [4.78, 5) is 6.48. The van der Waals surface area contributed by atoms with Crippen LogP contribution in [0.4, 0.5) is 0 Å². The normalized spacial score (nSPS) is 25.4. The molecule has 1 aromatic rings. The van der Waals surface area contributed by atoms with Crippen molar-refractivity contribution in [3.8, 4) is 11.8 Å². The Morgan fingerprint density at radius 2 is 2.56 bits per heavy atom. The number of likely N-dealkylation sites (tertiary alicyclic amines) is 1. The first-order valence-electron chi connectivity index (χ1n) is 5.37. The van der Waals surface area contributed by atoms with Crippen molar-refractivity contribution in [2.75, 3.05) is 20.2 Å². The van der Waals surface area contributed by atoms with Crippen molar-refractivity contribution in [2.45, 2.75) is 25.5 Å². The molecule has 1 N–H and O–H groups in total. The van der Waals surface area contributed by atoms with Crippen LogP contribution in [0.25, 0.3) is 0 Å². The highest BCUT2D eigenvalue weighted by molar-refractivity contribution is 5.05. The molecule has 0 bridgehead atoms. The first-order valence-corrected chi connectivity index (χ1v) is 5.37. The zero-order valence-corrected chi connectivity index (χ0v) is 9.60. The fourth-order valence-electron chi connectivity index (χ4n) is 2.05. The molecule has 1 aliphatic heterocycles. The third-order valence-electron chi connectivity index (χ3n) is 2.91. The van der Waals surface area contributed by atoms with Crippen molar-refractivity contribution in [1.82, 2.24) is 20.1 Å². The number of methoxy groups -OCH3 is 1. The Morgan fingerprint density at radius 3 is 3.19 bits per heavy atom. The van der Waals surface area contributed by atoms with Crippen molar-refractivity contribution in [1.29, 1.82) is 0 Å². The van der Waals surface area contributed by atoms with E-state index in [4.69, 9.17) is 4.74 Å². The van der Waals surface area contributed by atoms with Gasteiger partial charge in [-0.3, -0.25) is 10.00 Å². The number of ether oxygens (including phenoxy) is 1. The SMILES string of the molecule is CC#CCN1C[C@H](OC)C[C@H]1c1ncn[nH]1. The summed E-state index contributed by atoms with van der Waals surface area (Å²) in [6, 6.07) is 0.244. The number of hydrogen-bond donors (Lipinski definition) is 1. The Morgan fingerprint density at radius 1 is 1.69 bits per heavy atom. The summed E-state index contributed by atoms with van der Waals surface area (Å²) in [5.74, 6) is 6.90. The van der Waals surface area contributed by atoms with Gasteiger partial charge in [0, 0.05) is 13.7 Å². The molecule has 1 fully saturated rings. The van der Waals surface area contributed by atoms with E-state index in [0.717, 1.165) is 25.3 Å². The molecule has 0 unspecified atom stereocenters. The lowest BCUT2D eigenvalue weighted by atomic mass is 10.2. The van der Waals surface area contributed by atoms with Crippen molar-refractivity contribution >= 4 is 0 Å². The Balaban J connectivity index is 2.10. The number of nitrogens with one attached hydrogen (secondary N) is 1. The van der Waals surface area contributed by atoms with Gasteiger partial charge in [0.05, 0.1) is 18.7 Å². The van der Waals surface area contributed by atoms with Gasteiger partial charge in [0.25, 0.3) is 0 Å². The first kappa shape index (κ1) is 11.1. The maximum Gasteiger partial charge on any atom is 0.141 e. The van der Waals surface area contributed by atoms with E-state index in [1.807, 2.05) is 6.92 Å². The fraction of sp³-hybridized carbons (Fsp3) is 0.636. The van der Waals surface area contributed by atoms with Gasteiger partial charge in [-0.25, -0.2) is 4.98 Å². The summed E-state index contributed by atoms with van der Waals surface area (Å²) in [6.07, 6.45) is 2.74. The smallest absolute Gasteiger partial charge is 0.141 e. The van der Waals surface area contributed by atoms with Crippen LogP contribution in [-0.4, -0.2) is 46.4 Å². The van der Waals surface area contributed by atoms with E-state index in [1.54, 1.807) is 13.4 Å². The minimum absolute atomic E-state index is 0.244. The first-order chi connectivity index (χ1) is 7.85. The quantitative estimate of drug-likeness (QED) is 0.757. The molecule has 5 heteroatoms. The van der Waals surface area contributed by atoms with Gasteiger partial charge in [-0.05, 0) is 13.3 Å². The lowest BCUT2D eigenvalue weighted by molar-refractivity contribution is 0.110. The van der Waals surface area contributed by atoms with Crippen LogP contribution in [-0.2, 0) is 4.74 Å². The zero-order valence-electron chi connectivity index (χ0n) is 9.60. The molecule has 1 aliphatic rings. The second-order valence-electron chi connectivity index (χ2n) is 3.84. The molecule has 16 heavy (non-hydrogen) atoms. The molecule has 0 amide bonds. The predicted octanol–water partition coefficient (Wildman–Crippen LogP) is 0.590. The molecule has 0 aromatic carbocycles. The molecular formula is C11H16N4O. The lowest BCUT2D eigenvalue weighted by Gasteiger charge is -2.18. The molecule has 86 valence electrons. The van der Waals surface area contributed by atoms with Crippen molar-refractivity contribution in [3.05, 3.63) is 12.2 Å². The number of hydrogen-bond acceptors (Lipinski definition) is 4. The molecule has 1 aromatic heterocycles. The topological polar surface area (TPSA) is 54.0 Å². The third kappa shape index (κ3) is 2.23. The molecule has 0 saturated carbocycles. The number of aromatic nitrogens is 3. The Kier molecular flexibility index (Phi) is 3.54. The Bertz CT molecular complexity index is 378. The molecule has 0 aliphatic carbocycles. The number of rotatable bonds is 3. The monoisotopic (exact) mass is 220 g/mol. The van der Waals surface area contributed by atoms with Crippen LogP contribution in [0.5, 0.6) is 0 Å². The summed E-state index contributed by atoms with van der Waals surface area (Å²) < 4.78 is 5.40. The van der Waals surface area contributed by atoms with Gasteiger partial charge in [-0.15, -0.1) is 5.92 Å². The predicted molar refractivity (Wildman–Crippen MR) is 59.6 cm³/mol.